The Morgan fingerprint density at radius 1 is 1.12 bits per heavy atom. The van der Waals surface area contributed by atoms with Crippen LogP contribution in [-0.2, 0) is 6.42 Å². The molecule has 0 amide bonds. The van der Waals surface area contributed by atoms with Crippen LogP contribution >= 0.6 is 0 Å². The fraction of sp³-hybridized carbons (Fsp3) is 0.625. The number of nitrogens with two attached hydrogens (primary N) is 1. The molecular formula is C16H27N. The second-order valence-corrected chi connectivity index (χ2v) is 6.32. The van der Waals surface area contributed by atoms with E-state index in [0.29, 0.717) is 11.5 Å². The van der Waals surface area contributed by atoms with Crippen molar-refractivity contribution in [3.63, 3.8) is 0 Å². The van der Waals surface area contributed by atoms with E-state index in [4.69, 9.17) is 5.73 Å². The topological polar surface area (TPSA) is 26.0 Å². The summed E-state index contributed by atoms with van der Waals surface area (Å²) in [6.45, 7) is 9.01. The Morgan fingerprint density at radius 2 is 1.76 bits per heavy atom. The Balaban J connectivity index is 2.34. The molecule has 0 saturated carbocycles. The first kappa shape index (κ1) is 14.2. The van der Waals surface area contributed by atoms with Crippen LogP contribution in [0.2, 0.25) is 0 Å². The van der Waals surface area contributed by atoms with Crippen molar-refractivity contribution < 1.29 is 0 Å². The molecule has 0 aliphatic carbocycles. The summed E-state index contributed by atoms with van der Waals surface area (Å²) < 4.78 is 0. The van der Waals surface area contributed by atoms with Crippen LogP contribution < -0.4 is 5.73 Å². The van der Waals surface area contributed by atoms with Crippen LogP contribution in [0.25, 0.3) is 0 Å². The summed E-state index contributed by atoms with van der Waals surface area (Å²) in [5.41, 5.74) is 9.41. The van der Waals surface area contributed by atoms with Gasteiger partial charge in [-0.1, -0.05) is 45.0 Å². The van der Waals surface area contributed by atoms with Crippen molar-refractivity contribution in [2.45, 2.75) is 59.4 Å². The fourth-order valence-corrected chi connectivity index (χ4v) is 1.99. The zero-order valence-corrected chi connectivity index (χ0v) is 11.8. The molecule has 1 aromatic rings. The maximum Gasteiger partial charge on any atom is 0.00421 e. The van der Waals surface area contributed by atoms with Gasteiger partial charge in [0.25, 0.3) is 0 Å². The first-order valence-electron chi connectivity index (χ1n) is 6.68. The van der Waals surface area contributed by atoms with Crippen LogP contribution in [0.15, 0.2) is 24.3 Å². The first-order chi connectivity index (χ1) is 7.88. The number of benzene rings is 1. The van der Waals surface area contributed by atoms with E-state index in [-0.39, 0.29) is 0 Å². The summed E-state index contributed by atoms with van der Waals surface area (Å²) in [5, 5.41) is 0. The van der Waals surface area contributed by atoms with Gasteiger partial charge in [0.1, 0.15) is 0 Å². The Hall–Kier alpha value is -0.820. The molecule has 1 unspecified atom stereocenters. The first-order valence-corrected chi connectivity index (χ1v) is 6.68. The van der Waals surface area contributed by atoms with Gasteiger partial charge >= 0.3 is 0 Å². The van der Waals surface area contributed by atoms with Crippen LogP contribution in [0.5, 0.6) is 0 Å². The van der Waals surface area contributed by atoms with E-state index in [9.17, 15) is 0 Å². The molecule has 0 aliphatic heterocycles. The van der Waals surface area contributed by atoms with E-state index < -0.39 is 0 Å². The van der Waals surface area contributed by atoms with Gasteiger partial charge in [-0.2, -0.15) is 0 Å². The summed E-state index contributed by atoms with van der Waals surface area (Å²) in [6.07, 6.45) is 4.55. The second-order valence-electron chi connectivity index (χ2n) is 6.32. The van der Waals surface area contributed by atoms with Gasteiger partial charge in [0, 0.05) is 6.04 Å². The maximum atomic E-state index is 6.18. The summed E-state index contributed by atoms with van der Waals surface area (Å²) >= 11 is 0. The Bertz CT molecular complexity index is 336. The fourth-order valence-electron chi connectivity index (χ4n) is 1.99. The Morgan fingerprint density at radius 3 is 2.35 bits per heavy atom. The molecule has 1 aromatic carbocycles. The van der Waals surface area contributed by atoms with Gasteiger partial charge in [0.15, 0.2) is 0 Å². The molecule has 0 aromatic heterocycles. The molecule has 1 atom stereocenters. The van der Waals surface area contributed by atoms with Gasteiger partial charge in [0.2, 0.25) is 0 Å². The van der Waals surface area contributed by atoms with E-state index in [1.807, 2.05) is 0 Å². The van der Waals surface area contributed by atoms with Crippen LogP contribution in [0.4, 0.5) is 0 Å². The number of aryl methyl sites for hydroxylation is 2. The molecule has 0 aliphatic rings. The molecule has 96 valence electrons. The number of hydrogen-bond donors (Lipinski definition) is 1. The van der Waals surface area contributed by atoms with Crippen LogP contribution in [0.1, 0.15) is 51.2 Å². The molecule has 1 nitrogen and oxygen atoms in total. The molecule has 0 saturated heterocycles. The maximum absolute atomic E-state index is 6.18. The monoisotopic (exact) mass is 233 g/mol. The number of hydrogen-bond acceptors (Lipinski definition) is 1. The van der Waals surface area contributed by atoms with E-state index in [1.165, 1.54) is 17.5 Å². The quantitative estimate of drug-likeness (QED) is 0.814. The predicted octanol–water partition coefficient (Wildman–Crippen LogP) is 4.08. The van der Waals surface area contributed by atoms with Gasteiger partial charge < -0.3 is 5.73 Å². The molecule has 17 heavy (non-hydrogen) atoms. The largest absolute Gasteiger partial charge is 0.328 e. The lowest BCUT2D eigenvalue weighted by molar-refractivity contribution is 0.343. The molecule has 1 heteroatoms. The Kier molecular flexibility index (Phi) is 5.20. The highest BCUT2D eigenvalue weighted by Crippen LogP contribution is 2.22. The highest BCUT2D eigenvalue weighted by molar-refractivity contribution is 5.25. The SMILES string of the molecule is Cc1ccccc1CCC(N)CCC(C)(C)C. The summed E-state index contributed by atoms with van der Waals surface area (Å²) in [5.74, 6) is 0. The Labute approximate surface area is 106 Å². The smallest absolute Gasteiger partial charge is 0.00421 e. The summed E-state index contributed by atoms with van der Waals surface area (Å²) in [6, 6.07) is 8.94. The van der Waals surface area contributed by atoms with Gasteiger partial charge in [-0.05, 0) is 49.1 Å². The highest BCUT2D eigenvalue weighted by Gasteiger charge is 2.12. The van der Waals surface area contributed by atoms with Gasteiger partial charge in [-0.3, -0.25) is 0 Å². The standard InChI is InChI=1S/C16H27N/c1-13-7-5-6-8-14(13)9-10-15(17)11-12-16(2,3)4/h5-8,15H,9-12,17H2,1-4H3. The minimum absolute atomic E-state index is 0.342. The van der Waals surface area contributed by atoms with Crippen molar-refractivity contribution in [2.75, 3.05) is 0 Å². The van der Waals surface area contributed by atoms with Crippen LogP contribution in [0, 0.1) is 12.3 Å². The van der Waals surface area contributed by atoms with Crippen molar-refractivity contribution in [3.05, 3.63) is 35.4 Å². The molecule has 0 bridgehead atoms. The van der Waals surface area contributed by atoms with Crippen molar-refractivity contribution >= 4 is 0 Å². The zero-order valence-electron chi connectivity index (χ0n) is 11.8. The summed E-state index contributed by atoms with van der Waals surface area (Å²) in [7, 11) is 0. The third-order valence-electron chi connectivity index (χ3n) is 3.31. The van der Waals surface area contributed by atoms with Crippen LogP contribution in [0.3, 0.4) is 0 Å². The zero-order chi connectivity index (χ0) is 12.9. The third-order valence-corrected chi connectivity index (χ3v) is 3.31. The van der Waals surface area contributed by atoms with E-state index in [1.54, 1.807) is 0 Å². The lowest BCUT2D eigenvalue weighted by Crippen LogP contribution is -2.23. The molecule has 0 fully saturated rings. The molecule has 0 spiro atoms. The minimum Gasteiger partial charge on any atom is -0.328 e. The number of rotatable bonds is 5. The van der Waals surface area contributed by atoms with E-state index in [0.717, 1.165) is 19.3 Å². The highest BCUT2D eigenvalue weighted by atomic mass is 14.6. The van der Waals surface area contributed by atoms with Crippen LogP contribution in [-0.4, -0.2) is 6.04 Å². The van der Waals surface area contributed by atoms with E-state index >= 15 is 0 Å². The minimum atomic E-state index is 0.342. The molecule has 1 rings (SSSR count). The molecule has 2 N–H and O–H groups in total. The molecule has 0 heterocycles. The molecular weight excluding hydrogens is 206 g/mol. The van der Waals surface area contributed by atoms with Gasteiger partial charge in [0.05, 0.1) is 0 Å². The third kappa shape index (κ3) is 5.88. The van der Waals surface area contributed by atoms with Crippen molar-refractivity contribution in [2.24, 2.45) is 11.1 Å². The van der Waals surface area contributed by atoms with Gasteiger partial charge in [-0.15, -0.1) is 0 Å². The van der Waals surface area contributed by atoms with E-state index in [2.05, 4.69) is 52.0 Å². The van der Waals surface area contributed by atoms with Gasteiger partial charge in [-0.25, -0.2) is 0 Å². The average molecular weight is 233 g/mol. The molecule has 0 radical (unpaired) electrons. The second kappa shape index (κ2) is 6.20. The predicted molar refractivity (Wildman–Crippen MR) is 76.2 cm³/mol. The average Bonchev–Trinajstić information content (AvgIpc) is 2.24. The normalized spacial score (nSPS) is 13.7. The van der Waals surface area contributed by atoms with Crippen molar-refractivity contribution in [1.82, 2.24) is 0 Å². The van der Waals surface area contributed by atoms with Crippen molar-refractivity contribution in [1.29, 1.82) is 0 Å². The van der Waals surface area contributed by atoms with Crippen molar-refractivity contribution in [3.8, 4) is 0 Å². The lowest BCUT2D eigenvalue weighted by atomic mass is 9.87. The lowest BCUT2D eigenvalue weighted by Gasteiger charge is -2.21. The summed E-state index contributed by atoms with van der Waals surface area (Å²) in [4.78, 5) is 0.